The molecule has 1 fully saturated rings. The van der Waals surface area contributed by atoms with Gasteiger partial charge in [0.05, 0.1) is 12.1 Å². The molecule has 0 saturated carbocycles. The predicted molar refractivity (Wildman–Crippen MR) is 77.5 cm³/mol. The van der Waals surface area contributed by atoms with Crippen LogP contribution >= 0.6 is 11.6 Å². The Balaban J connectivity index is 2.26. The number of anilines is 1. The van der Waals surface area contributed by atoms with Gasteiger partial charge in [-0.25, -0.2) is 9.59 Å². The molecule has 1 aliphatic rings. The molecule has 1 aromatic carbocycles. The molecule has 0 aliphatic carbocycles. The van der Waals surface area contributed by atoms with Gasteiger partial charge in [0.25, 0.3) is 5.91 Å². The molecule has 1 N–H and O–H groups in total. The first-order valence-electron chi connectivity index (χ1n) is 6.15. The summed E-state index contributed by atoms with van der Waals surface area (Å²) < 4.78 is 0. The van der Waals surface area contributed by atoms with E-state index in [4.69, 9.17) is 16.7 Å². The van der Waals surface area contributed by atoms with Crippen LogP contribution in [-0.4, -0.2) is 41.0 Å². The Hall–Kier alpha value is -2.34. The molecule has 0 radical (unpaired) electrons. The molecule has 0 aromatic heterocycles. The van der Waals surface area contributed by atoms with E-state index in [0.29, 0.717) is 11.3 Å². The van der Waals surface area contributed by atoms with Crippen LogP contribution in [0, 0.1) is 0 Å². The normalized spacial score (nSPS) is 15.8. The summed E-state index contributed by atoms with van der Waals surface area (Å²) in [4.78, 5) is 37.5. The van der Waals surface area contributed by atoms with Gasteiger partial charge in [0.15, 0.2) is 0 Å². The van der Waals surface area contributed by atoms with E-state index in [2.05, 4.69) is 0 Å². The lowest BCUT2D eigenvalue weighted by Crippen LogP contribution is -2.34. The molecule has 0 atom stereocenters. The van der Waals surface area contributed by atoms with Crippen molar-refractivity contribution in [1.82, 2.24) is 4.90 Å². The van der Waals surface area contributed by atoms with Gasteiger partial charge in [-0.05, 0) is 30.7 Å². The molecule has 1 aliphatic heterocycles. The predicted octanol–water partition coefficient (Wildman–Crippen LogP) is 2.30. The molecular weight excluding hydrogens is 296 g/mol. The molecular formula is C14H13ClN2O4. The number of aromatic carboxylic acids is 1. The van der Waals surface area contributed by atoms with Gasteiger partial charge in [-0.2, -0.15) is 0 Å². The van der Waals surface area contributed by atoms with Crippen LogP contribution in [0.3, 0.4) is 0 Å². The second kappa shape index (κ2) is 5.97. The van der Waals surface area contributed by atoms with Crippen LogP contribution in [0.15, 0.2) is 35.4 Å². The van der Waals surface area contributed by atoms with Crippen molar-refractivity contribution in [1.29, 1.82) is 0 Å². The fourth-order valence-corrected chi connectivity index (χ4v) is 2.06. The number of carbonyl (C=O) groups is 3. The number of amides is 3. The van der Waals surface area contributed by atoms with Gasteiger partial charge in [-0.15, -0.1) is 0 Å². The van der Waals surface area contributed by atoms with Crippen LogP contribution in [0.1, 0.15) is 17.3 Å². The molecule has 1 aromatic rings. The second-order valence-electron chi connectivity index (χ2n) is 4.66. The highest BCUT2D eigenvalue weighted by molar-refractivity contribution is 6.25. The quantitative estimate of drug-likeness (QED) is 0.866. The van der Waals surface area contributed by atoms with Crippen LogP contribution in [-0.2, 0) is 4.79 Å². The Morgan fingerprint density at radius 1 is 1.43 bits per heavy atom. The zero-order valence-electron chi connectivity index (χ0n) is 11.2. The lowest BCUT2D eigenvalue weighted by Gasteiger charge is -2.17. The molecule has 110 valence electrons. The minimum atomic E-state index is -1.09. The van der Waals surface area contributed by atoms with Gasteiger partial charge in [-0.1, -0.05) is 17.7 Å². The van der Waals surface area contributed by atoms with Crippen molar-refractivity contribution in [3.8, 4) is 0 Å². The van der Waals surface area contributed by atoms with Crippen molar-refractivity contribution in [3.63, 3.8) is 0 Å². The number of urea groups is 1. The number of imide groups is 1. The second-order valence-corrected chi connectivity index (χ2v) is 4.88. The fraction of sp³-hybridized carbons (Fsp3) is 0.214. The number of halogens is 1. The summed E-state index contributed by atoms with van der Waals surface area (Å²) in [5.41, 5.74) is 2.43. The van der Waals surface area contributed by atoms with Gasteiger partial charge in [-0.3, -0.25) is 14.6 Å². The summed E-state index contributed by atoms with van der Waals surface area (Å²) in [7, 11) is 0. The first kappa shape index (κ1) is 15.1. The Labute approximate surface area is 126 Å². The highest BCUT2D eigenvalue weighted by atomic mass is 35.5. The van der Waals surface area contributed by atoms with Crippen molar-refractivity contribution >= 4 is 35.2 Å². The molecule has 0 bridgehead atoms. The average Bonchev–Trinajstić information content (AvgIpc) is 2.75. The van der Waals surface area contributed by atoms with Crippen molar-refractivity contribution in [2.75, 3.05) is 18.0 Å². The third-order valence-corrected chi connectivity index (χ3v) is 3.43. The van der Waals surface area contributed by atoms with Crippen LogP contribution in [0.5, 0.6) is 0 Å². The molecule has 0 spiro atoms. The minimum Gasteiger partial charge on any atom is -0.478 e. The van der Waals surface area contributed by atoms with Gasteiger partial charge >= 0.3 is 12.0 Å². The largest absolute Gasteiger partial charge is 0.478 e. The van der Waals surface area contributed by atoms with E-state index >= 15 is 0 Å². The van der Waals surface area contributed by atoms with Gasteiger partial charge < -0.3 is 5.11 Å². The number of benzene rings is 1. The van der Waals surface area contributed by atoms with Crippen molar-refractivity contribution in [2.45, 2.75) is 6.92 Å². The Morgan fingerprint density at radius 2 is 2.14 bits per heavy atom. The number of carbonyl (C=O) groups excluding carboxylic acids is 2. The van der Waals surface area contributed by atoms with Crippen LogP contribution in [0.2, 0.25) is 0 Å². The number of carboxylic acid groups (broad SMARTS) is 1. The van der Waals surface area contributed by atoms with Crippen molar-refractivity contribution in [2.24, 2.45) is 0 Å². The lowest BCUT2D eigenvalue weighted by molar-refractivity contribution is -0.124. The molecule has 7 heteroatoms. The monoisotopic (exact) mass is 308 g/mol. The van der Waals surface area contributed by atoms with E-state index in [1.807, 2.05) is 0 Å². The summed E-state index contributed by atoms with van der Waals surface area (Å²) in [5.74, 6) is -1.44. The highest BCUT2D eigenvalue weighted by Crippen LogP contribution is 2.23. The number of carboxylic acids is 1. The number of nitrogens with zero attached hydrogens (tertiary/aromatic N) is 2. The summed E-state index contributed by atoms with van der Waals surface area (Å²) in [6.45, 7) is 1.72. The van der Waals surface area contributed by atoms with E-state index in [0.717, 1.165) is 4.90 Å². The van der Waals surface area contributed by atoms with Crippen LogP contribution in [0.25, 0.3) is 0 Å². The average molecular weight is 309 g/mol. The first-order chi connectivity index (χ1) is 9.93. The van der Waals surface area contributed by atoms with E-state index < -0.39 is 12.0 Å². The van der Waals surface area contributed by atoms with Crippen molar-refractivity contribution < 1.29 is 19.5 Å². The van der Waals surface area contributed by atoms with Gasteiger partial charge in [0.2, 0.25) is 0 Å². The topological polar surface area (TPSA) is 77.9 Å². The molecule has 2 rings (SSSR count). The molecule has 21 heavy (non-hydrogen) atoms. The molecule has 1 saturated heterocycles. The zero-order chi connectivity index (χ0) is 15.6. The third-order valence-electron chi connectivity index (χ3n) is 3.05. The zero-order valence-corrected chi connectivity index (χ0v) is 12.0. The summed E-state index contributed by atoms with van der Waals surface area (Å²) in [5, 5.41) is 8.97. The molecule has 1 heterocycles. The number of rotatable bonds is 4. The minimum absolute atomic E-state index is 0.0584. The van der Waals surface area contributed by atoms with E-state index in [-0.39, 0.29) is 24.6 Å². The molecule has 6 nitrogen and oxygen atoms in total. The summed E-state index contributed by atoms with van der Waals surface area (Å²) in [6, 6.07) is 5.42. The lowest BCUT2D eigenvalue weighted by atomic mass is 10.2. The van der Waals surface area contributed by atoms with E-state index in [9.17, 15) is 14.4 Å². The summed E-state index contributed by atoms with van der Waals surface area (Å²) in [6.07, 6.45) is 0. The van der Waals surface area contributed by atoms with Crippen LogP contribution < -0.4 is 4.90 Å². The first-order valence-corrected chi connectivity index (χ1v) is 6.58. The van der Waals surface area contributed by atoms with Crippen molar-refractivity contribution in [3.05, 3.63) is 40.9 Å². The van der Waals surface area contributed by atoms with Gasteiger partial charge in [0, 0.05) is 11.2 Å². The number of hydrogen-bond donors (Lipinski definition) is 1. The smallest absolute Gasteiger partial charge is 0.335 e. The molecule has 0 unspecified atom stereocenters. The van der Waals surface area contributed by atoms with E-state index in [1.165, 1.54) is 28.6 Å². The maximum absolute atomic E-state index is 12.3. The maximum Gasteiger partial charge on any atom is 0.335 e. The summed E-state index contributed by atoms with van der Waals surface area (Å²) >= 11 is 5.54. The fourth-order valence-electron chi connectivity index (χ4n) is 1.99. The molecule has 3 amide bonds. The Bertz CT molecular complexity index is 642. The Morgan fingerprint density at radius 3 is 2.76 bits per heavy atom. The Kier molecular flexibility index (Phi) is 4.28. The van der Waals surface area contributed by atoms with E-state index in [1.54, 1.807) is 13.0 Å². The number of hydrogen-bond acceptors (Lipinski definition) is 3. The highest BCUT2D eigenvalue weighted by Gasteiger charge is 2.36. The third kappa shape index (κ3) is 3.05. The van der Waals surface area contributed by atoms with Crippen LogP contribution in [0.4, 0.5) is 10.5 Å². The standard InChI is InChI=1S/C14H13ClN2O4/c1-9(6-15)7-17-12(18)8-16(14(17)21)11-4-2-3-10(5-11)13(19)20/h2-6H,7-8H2,1H3,(H,19,20)/b9-6-. The SMILES string of the molecule is C/C(=C/Cl)CN1C(=O)CN(c2cccc(C(=O)O)c2)C1=O. The maximum atomic E-state index is 12.3. The van der Waals surface area contributed by atoms with Gasteiger partial charge in [0.1, 0.15) is 6.54 Å².